The summed E-state index contributed by atoms with van der Waals surface area (Å²) in [4.78, 5) is 25.0. The van der Waals surface area contributed by atoms with Crippen molar-refractivity contribution in [3.8, 4) is 11.6 Å². The number of nitrogens with two attached hydrogens (primary N) is 1. The minimum absolute atomic E-state index is 0.0221. The van der Waals surface area contributed by atoms with Gasteiger partial charge in [-0.25, -0.2) is 18.3 Å². The minimum Gasteiger partial charge on any atom is -0.476 e. The van der Waals surface area contributed by atoms with E-state index < -0.39 is 50.2 Å². The summed E-state index contributed by atoms with van der Waals surface area (Å²) in [6, 6.07) is 6.63. The fourth-order valence-electron chi connectivity index (χ4n) is 5.30. The van der Waals surface area contributed by atoms with E-state index in [0.29, 0.717) is 12.8 Å². The molecular weight excluding hydrogens is 617 g/mol. The molecule has 6 atom stereocenters. The molecule has 3 heterocycles. The number of fused-ring (bicyclic) bond motifs is 1. The molecule has 0 spiro atoms. The Morgan fingerprint density at radius 1 is 1.24 bits per heavy atom. The van der Waals surface area contributed by atoms with Gasteiger partial charge in [-0.15, -0.1) is 0 Å². The number of hydrogen-bond donors (Lipinski definition) is 3. The zero-order valence-corrected chi connectivity index (χ0v) is 26.0. The van der Waals surface area contributed by atoms with Gasteiger partial charge in [-0.05, 0) is 58.6 Å². The number of nitrogen functional groups attached to an aromatic ring is 1. The summed E-state index contributed by atoms with van der Waals surface area (Å²) in [6.07, 6.45) is 0.910. The van der Waals surface area contributed by atoms with Crippen LogP contribution < -0.4 is 20.1 Å². The van der Waals surface area contributed by atoms with Crippen LogP contribution in [0.25, 0.3) is 11.2 Å². The van der Waals surface area contributed by atoms with E-state index in [4.69, 9.17) is 29.0 Å². The van der Waals surface area contributed by atoms with Crippen LogP contribution in [0.15, 0.2) is 36.7 Å². The number of aromatic nitrogens is 4. The number of anilines is 1. The second-order valence-electron chi connectivity index (χ2n) is 11.2. The Bertz CT molecular complexity index is 1540. The number of hydrogen-bond acceptors (Lipinski definition) is 12. The Hall–Kier alpha value is -3.43. The van der Waals surface area contributed by atoms with Crippen LogP contribution >= 0.6 is 7.75 Å². The first kappa shape index (κ1) is 32.9. The van der Waals surface area contributed by atoms with Crippen LogP contribution in [-0.2, 0) is 23.4 Å². The smallest absolute Gasteiger partial charge is 0.459 e. The van der Waals surface area contributed by atoms with Gasteiger partial charge in [0.15, 0.2) is 29.2 Å². The number of aliphatic hydroxyl groups is 1. The lowest BCUT2D eigenvalue weighted by Gasteiger charge is -2.28. The van der Waals surface area contributed by atoms with E-state index in [1.807, 2.05) is 0 Å². The fourth-order valence-corrected chi connectivity index (χ4v) is 6.81. The molecule has 1 unspecified atom stereocenters. The van der Waals surface area contributed by atoms with Crippen molar-refractivity contribution in [2.45, 2.75) is 88.9 Å². The molecule has 5 rings (SSSR count). The van der Waals surface area contributed by atoms with Crippen molar-refractivity contribution in [1.82, 2.24) is 24.6 Å². The Balaban J connectivity index is 1.37. The van der Waals surface area contributed by atoms with Gasteiger partial charge in [0.2, 0.25) is 11.8 Å². The molecule has 45 heavy (non-hydrogen) atoms. The zero-order valence-electron chi connectivity index (χ0n) is 25.1. The van der Waals surface area contributed by atoms with Crippen molar-refractivity contribution in [3.05, 3.63) is 36.7 Å². The molecule has 3 aromatic rings. The van der Waals surface area contributed by atoms with Gasteiger partial charge in [0, 0.05) is 0 Å². The lowest BCUT2D eigenvalue weighted by atomic mass is 9.97. The Morgan fingerprint density at radius 3 is 2.64 bits per heavy atom. The molecule has 0 amide bonds. The van der Waals surface area contributed by atoms with Crippen molar-refractivity contribution in [2.24, 2.45) is 0 Å². The van der Waals surface area contributed by atoms with Gasteiger partial charge in [0.1, 0.15) is 24.5 Å². The first-order chi connectivity index (χ1) is 21.3. The van der Waals surface area contributed by atoms with E-state index in [-0.39, 0.29) is 41.5 Å². The summed E-state index contributed by atoms with van der Waals surface area (Å²) >= 11 is 0. The van der Waals surface area contributed by atoms with Crippen LogP contribution in [-0.4, -0.2) is 73.6 Å². The van der Waals surface area contributed by atoms with Crippen molar-refractivity contribution in [3.63, 3.8) is 0 Å². The summed E-state index contributed by atoms with van der Waals surface area (Å²) in [7, 11) is -4.58. The van der Waals surface area contributed by atoms with Crippen molar-refractivity contribution in [2.75, 3.05) is 18.9 Å². The average molecular weight is 655 g/mol. The highest BCUT2D eigenvalue weighted by atomic mass is 31.2. The number of para-hydroxylation sites is 1. The van der Waals surface area contributed by atoms with Gasteiger partial charge in [-0.1, -0.05) is 24.6 Å². The van der Waals surface area contributed by atoms with Crippen LogP contribution in [0.3, 0.4) is 0 Å². The maximum absolute atomic E-state index is 16.3. The Morgan fingerprint density at radius 2 is 1.96 bits per heavy atom. The van der Waals surface area contributed by atoms with Crippen molar-refractivity contribution in [1.29, 1.82) is 0 Å². The first-order valence-corrected chi connectivity index (χ1v) is 16.2. The van der Waals surface area contributed by atoms with Gasteiger partial charge in [0.25, 0.3) is 5.85 Å². The number of nitrogens with zero attached hydrogens (tertiary/aromatic N) is 4. The highest BCUT2D eigenvalue weighted by molar-refractivity contribution is 7.52. The molecule has 0 bridgehead atoms. The number of ether oxygens (including phenoxy) is 3. The number of alkyl halides is 2. The third-order valence-corrected chi connectivity index (χ3v) is 9.24. The molecule has 2 aromatic heterocycles. The molecule has 1 aliphatic carbocycles. The number of aliphatic hydroxyl groups excluding tert-OH is 1. The van der Waals surface area contributed by atoms with E-state index in [1.165, 1.54) is 19.1 Å². The van der Waals surface area contributed by atoms with Gasteiger partial charge in [-0.3, -0.25) is 13.9 Å². The molecule has 1 saturated heterocycles. The molecule has 0 radical (unpaired) electrons. The summed E-state index contributed by atoms with van der Waals surface area (Å²) in [6.45, 7) is 2.98. The number of esters is 1. The fraction of sp³-hybridized carbons (Fsp3) is 0.571. The van der Waals surface area contributed by atoms with Crippen LogP contribution in [0.2, 0.25) is 0 Å². The van der Waals surface area contributed by atoms with E-state index in [1.54, 1.807) is 25.1 Å². The van der Waals surface area contributed by atoms with Gasteiger partial charge in [-0.2, -0.15) is 15.1 Å². The number of halogens is 2. The third-order valence-electron chi connectivity index (χ3n) is 7.61. The predicted octanol–water partition coefficient (Wildman–Crippen LogP) is 4.15. The van der Waals surface area contributed by atoms with Gasteiger partial charge >= 0.3 is 13.7 Å². The molecule has 1 aliphatic heterocycles. The number of carbonyl (C=O) groups is 1. The maximum atomic E-state index is 16.3. The lowest BCUT2D eigenvalue weighted by Crippen LogP contribution is -2.47. The van der Waals surface area contributed by atoms with Crippen LogP contribution in [0.4, 0.5) is 14.7 Å². The summed E-state index contributed by atoms with van der Waals surface area (Å²) < 4.78 is 74.9. The molecular formula is C28H37F2N6O8P. The second-order valence-corrected chi connectivity index (χ2v) is 12.9. The minimum atomic E-state index is -4.58. The first-order valence-electron chi connectivity index (χ1n) is 14.7. The molecule has 2 fully saturated rings. The number of benzene rings is 1. The molecule has 17 heteroatoms. The topological polar surface area (TPSA) is 182 Å². The number of rotatable bonds is 12. The number of carbonyl (C=O) groups excluding carboxylic acids is 1. The lowest BCUT2D eigenvalue weighted by molar-refractivity contribution is -0.202. The quantitative estimate of drug-likeness (QED) is 0.187. The monoisotopic (exact) mass is 654 g/mol. The third kappa shape index (κ3) is 7.04. The van der Waals surface area contributed by atoms with Crippen LogP contribution in [0, 0.1) is 0 Å². The van der Waals surface area contributed by atoms with Crippen molar-refractivity contribution >= 4 is 30.8 Å². The number of imidazole rings is 1. The van der Waals surface area contributed by atoms with Gasteiger partial charge < -0.3 is 29.6 Å². The molecule has 2 aliphatic rings. The predicted molar refractivity (Wildman–Crippen MR) is 157 cm³/mol. The number of nitrogens with one attached hydrogen (secondary N) is 1. The Kier molecular flexibility index (Phi) is 9.61. The molecule has 4 N–H and O–H groups in total. The zero-order chi connectivity index (χ0) is 32.4. The summed E-state index contributed by atoms with van der Waals surface area (Å²) in [5.74, 6) is -4.08. The van der Waals surface area contributed by atoms with E-state index in [2.05, 4.69) is 20.0 Å². The Labute approximate surface area is 258 Å². The normalized spacial score (nSPS) is 27.6. The molecule has 14 nitrogen and oxygen atoms in total. The van der Waals surface area contributed by atoms with Gasteiger partial charge in [0.05, 0.1) is 12.9 Å². The molecule has 1 saturated carbocycles. The average Bonchev–Trinajstić information content (AvgIpc) is 3.50. The maximum Gasteiger partial charge on any atom is 0.459 e. The van der Waals surface area contributed by atoms with Crippen LogP contribution in [0.5, 0.6) is 11.6 Å². The largest absolute Gasteiger partial charge is 0.476 e. The van der Waals surface area contributed by atoms with Crippen LogP contribution in [0.1, 0.15) is 59.1 Å². The summed E-state index contributed by atoms with van der Waals surface area (Å²) in [5, 5.41) is 13.3. The van der Waals surface area contributed by atoms with E-state index >= 15 is 8.78 Å². The highest BCUT2D eigenvalue weighted by Gasteiger charge is 2.65. The molecule has 246 valence electrons. The highest BCUT2D eigenvalue weighted by Crippen LogP contribution is 2.52. The van der Waals surface area contributed by atoms with Crippen molar-refractivity contribution < 1.29 is 46.5 Å². The standard InChI is InChI=1S/C28H37F2N6O8P/c1-4-40-22-20-21(33-26(31)34-22)36(16-32-20)25-27(3,29)24(38)28(30,43-25)15-41-45(39,44-19-13-9-6-10-14-19)35-17(2)23(37)42-18-11-7-5-8-12-18/h6,9-10,13-14,16-18,24-25,38H,4-5,7-8,11-12,15H2,1-3H3,(H,35,39)(H2,31,33,34)/t17?,24-,25+,27+,28+,45+/m0/s1. The SMILES string of the molecule is CCOc1nc(N)nc2c1ncn2[C@@H]1O[C@](F)(CO[P@](=O)(NC(C)C(=O)OC2CCCCC2)Oc2ccccc2)[C@@H](O)[C@@]1(C)F. The molecule has 1 aromatic carbocycles. The van der Waals surface area contributed by atoms with E-state index in [0.717, 1.165) is 37.1 Å². The van der Waals surface area contributed by atoms with E-state index in [9.17, 15) is 14.5 Å². The summed E-state index contributed by atoms with van der Waals surface area (Å²) in [5.41, 5.74) is 3.07. The second kappa shape index (κ2) is 13.1.